The Morgan fingerprint density at radius 2 is 1.77 bits per heavy atom. The molecule has 0 aliphatic rings. The quantitative estimate of drug-likeness (QED) is 0.541. The lowest BCUT2D eigenvalue weighted by atomic mass is 10.2. The van der Waals surface area contributed by atoms with E-state index >= 15 is 0 Å². The van der Waals surface area contributed by atoms with Gasteiger partial charge < -0.3 is 10.6 Å². The Labute approximate surface area is 180 Å². The van der Waals surface area contributed by atoms with Crippen LogP contribution in [0.15, 0.2) is 6.20 Å². The average molecular weight is 467 g/mol. The standard InChI is InChI=1S/C18H23ClF4N6O2/c1-5-28-7-10(12(26-28)18(31)24-6-8(2)3)25-17(30)9(4)29-14(16(22)23)11(19)13(27-29)15(20)21/h7-9,15-16H,5-6H2,1-4H3,(H,24,31)(H,25,30). The van der Waals surface area contributed by atoms with E-state index in [1.165, 1.54) is 17.8 Å². The van der Waals surface area contributed by atoms with Crippen LogP contribution in [0.5, 0.6) is 0 Å². The van der Waals surface area contributed by atoms with Gasteiger partial charge in [0.2, 0.25) is 5.91 Å². The minimum atomic E-state index is -3.23. The monoisotopic (exact) mass is 466 g/mol. The van der Waals surface area contributed by atoms with E-state index in [9.17, 15) is 27.2 Å². The molecule has 172 valence electrons. The van der Waals surface area contributed by atoms with E-state index in [2.05, 4.69) is 20.8 Å². The molecule has 0 spiro atoms. The van der Waals surface area contributed by atoms with Crippen LogP contribution < -0.4 is 10.6 Å². The van der Waals surface area contributed by atoms with Crippen LogP contribution in [0.2, 0.25) is 5.02 Å². The summed E-state index contributed by atoms with van der Waals surface area (Å²) < 4.78 is 54.8. The number of aromatic nitrogens is 4. The fourth-order valence-electron chi connectivity index (χ4n) is 2.65. The Hall–Kier alpha value is -2.63. The SMILES string of the molecule is CCn1cc(NC(=O)C(C)n2nc(C(F)F)c(Cl)c2C(F)F)c(C(=O)NCC(C)C)n1. The number of aryl methyl sites for hydroxylation is 1. The van der Waals surface area contributed by atoms with Gasteiger partial charge in [-0.2, -0.15) is 10.2 Å². The van der Waals surface area contributed by atoms with Crippen LogP contribution in [0, 0.1) is 5.92 Å². The lowest BCUT2D eigenvalue weighted by Crippen LogP contribution is -2.30. The van der Waals surface area contributed by atoms with Crippen LogP contribution in [-0.4, -0.2) is 37.9 Å². The van der Waals surface area contributed by atoms with Crippen LogP contribution in [-0.2, 0) is 11.3 Å². The number of nitrogens with zero attached hydrogens (tertiary/aromatic N) is 4. The molecule has 0 radical (unpaired) electrons. The highest BCUT2D eigenvalue weighted by molar-refractivity contribution is 6.32. The number of amides is 2. The van der Waals surface area contributed by atoms with E-state index in [0.29, 0.717) is 17.8 Å². The molecule has 0 aromatic carbocycles. The molecule has 0 bridgehead atoms. The maximum atomic E-state index is 13.4. The van der Waals surface area contributed by atoms with Crippen molar-refractivity contribution in [1.82, 2.24) is 24.9 Å². The molecule has 2 N–H and O–H groups in total. The summed E-state index contributed by atoms with van der Waals surface area (Å²) in [5, 5.41) is 11.7. The van der Waals surface area contributed by atoms with Crippen molar-refractivity contribution in [2.45, 2.75) is 53.1 Å². The zero-order chi connectivity index (χ0) is 23.5. The van der Waals surface area contributed by atoms with Crippen LogP contribution in [0.25, 0.3) is 0 Å². The zero-order valence-electron chi connectivity index (χ0n) is 17.3. The van der Waals surface area contributed by atoms with Crippen LogP contribution in [0.4, 0.5) is 23.2 Å². The van der Waals surface area contributed by atoms with E-state index in [0.717, 1.165) is 0 Å². The summed E-state index contributed by atoms with van der Waals surface area (Å²) in [6.45, 7) is 7.54. The Bertz CT molecular complexity index is 944. The number of anilines is 1. The van der Waals surface area contributed by atoms with Gasteiger partial charge in [0.25, 0.3) is 18.8 Å². The molecular weight excluding hydrogens is 444 g/mol. The van der Waals surface area contributed by atoms with E-state index in [-0.39, 0.29) is 17.3 Å². The van der Waals surface area contributed by atoms with Gasteiger partial charge in [-0.25, -0.2) is 22.2 Å². The van der Waals surface area contributed by atoms with Gasteiger partial charge in [0.15, 0.2) is 5.69 Å². The largest absolute Gasteiger partial charge is 0.350 e. The first-order chi connectivity index (χ1) is 14.5. The summed E-state index contributed by atoms with van der Waals surface area (Å²) in [5.74, 6) is -1.22. The van der Waals surface area contributed by atoms with E-state index in [4.69, 9.17) is 11.6 Å². The smallest absolute Gasteiger partial charge is 0.283 e. The third-order valence-corrected chi connectivity index (χ3v) is 4.69. The molecule has 13 heteroatoms. The lowest BCUT2D eigenvalue weighted by molar-refractivity contribution is -0.119. The first-order valence-electron chi connectivity index (χ1n) is 9.48. The first kappa shape index (κ1) is 24.6. The minimum absolute atomic E-state index is 0.0471. The van der Waals surface area contributed by atoms with E-state index in [1.807, 2.05) is 13.8 Å². The molecule has 0 fully saturated rings. The number of hydrogen-bond donors (Lipinski definition) is 2. The predicted octanol–water partition coefficient (Wildman–Crippen LogP) is 4.21. The van der Waals surface area contributed by atoms with Crippen molar-refractivity contribution >= 4 is 29.1 Å². The molecular formula is C18H23ClF4N6O2. The zero-order valence-corrected chi connectivity index (χ0v) is 18.1. The van der Waals surface area contributed by atoms with Crippen molar-refractivity contribution in [3.63, 3.8) is 0 Å². The van der Waals surface area contributed by atoms with Crippen LogP contribution in [0.3, 0.4) is 0 Å². The highest BCUT2D eigenvalue weighted by Gasteiger charge is 2.32. The molecule has 31 heavy (non-hydrogen) atoms. The molecule has 0 aliphatic carbocycles. The molecule has 1 atom stereocenters. The van der Waals surface area contributed by atoms with Crippen molar-refractivity contribution in [2.24, 2.45) is 5.92 Å². The van der Waals surface area contributed by atoms with Gasteiger partial charge in [0, 0.05) is 19.3 Å². The summed E-state index contributed by atoms with van der Waals surface area (Å²) in [5.41, 5.74) is -2.04. The lowest BCUT2D eigenvalue weighted by Gasteiger charge is -2.15. The van der Waals surface area contributed by atoms with Crippen molar-refractivity contribution in [3.8, 4) is 0 Å². The Kier molecular flexibility index (Phi) is 8.04. The second-order valence-electron chi connectivity index (χ2n) is 7.15. The molecule has 2 rings (SSSR count). The molecule has 2 aromatic rings. The van der Waals surface area contributed by atoms with Gasteiger partial charge in [-0.3, -0.25) is 14.3 Å². The molecule has 2 amide bonds. The van der Waals surface area contributed by atoms with Crippen molar-refractivity contribution < 1.29 is 27.2 Å². The van der Waals surface area contributed by atoms with Crippen LogP contribution in [0.1, 0.15) is 68.5 Å². The van der Waals surface area contributed by atoms with Gasteiger partial charge in [0.1, 0.15) is 17.4 Å². The summed E-state index contributed by atoms with van der Waals surface area (Å²) in [7, 11) is 0. The molecule has 8 nitrogen and oxygen atoms in total. The van der Waals surface area contributed by atoms with Gasteiger partial charge in [-0.15, -0.1) is 0 Å². The highest BCUT2D eigenvalue weighted by atomic mass is 35.5. The summed E-state index contributed by atoms with van der Waals surface area (Å²) in [6, 6.07) is -1.43. The summed E-state index contributed by atoms with van der Waals surface area (Å²) in [6.07, 6.45) is -5.02. The van der Waals surface area contributed by atoms with Crippen LogP contribution >= 0.6 is 11.6 Å². The number of nitrogens with one attached hydrogen (secondary N) is 2. The second-order valence-corrected chi connectivity index (χ2v) is 7.52. The molecule has 0 aliphatic heterocycles. The third-order valence-electron chi connectivity index (χ3n) is 4.30. The molecule has 0 saturated heterocycles. The van der Waals surface area contributed by atoms with E-state index < -0.39 is 47.1 Å². The Morgan fingerprint density at radius 3 is 2.29 bits per heavy atom. The van der Waals surface area contributed by atoms with Crippen molar-refractivity contribution in [1.29, 1.82) is 0 Å². The number of carbonyl (C=O) groups is 2. The normalized spacial score (nSPS) is 12.6. The fourth-order valence-corrected chi connectivity index (χ4v) is 2.94. The fraction of sp³-hybridized carbons (Fsp3) is 0.556. The van der Waals surface area contributed by atoms with Gasteiger partial charge >= 0.3 is 0 Å². The second kappa shape index (κ2) is 10.1. The van der Waals surface area contributed by atoms with Gasteiger partial charge in [-0.1, -0.05) is 25.4 Å². The maximum absolute atomic E-state index is 13.4. The van der Waals surface area contributed by atoms with Crippen molar-refractivity contribution in [2.75, 3.05) is 11.9 Å². The minimum Gasteiger partial charge on any atom is -0.350 e. The van der Waals surface area contributed by atoms with E-state index in [1.54, 1.807) is 6.92 Å². The Balaban J connectivity index is 2.33. The summed E-state index contributed by atoms with van der Waals surface area (Å²) in [4.78, 5) is 25.1. The molecule has 1 unspecified atom stereocenters. The summed E-state index contributed by atoms with van der Waals surface area (Å²) >= 11 is 5.64. The van der Waals surface area contributed by atoms with Gasteiger partial charge in [-0.05, 0) is 19.8 Å². The number of hydrogen-bond acceptors (Lipinski definition) is 4. The molecule has 2 aromatic heterocycles. The first-order valence-corrected chi connectivity index (χ1v) is 9.86. The Morgan fingerprint density at radius 1 is 1.13 bits per heavy atom. The third kappa shape index (κ3) is 5.54. The number of halogens is 5. The number of carbonyl (C=O) groups excluding carboxylic acids is 2. The van der Waals surface area contributed by atoms with Gasteiger partial charge in [0.05, 0.1) is 10.7 Å². The predicted molar refractivity (Wildman–Crippen MR) is 106 cm³/mol. The average Bonchev–Trinajstić information content (AvgIpc) is 3.26. The maximum Gasteiger partial charge on any atom is 0.283 e. The highest BCUT2D eigenvalue weighted by Crippen LogP contribution is 2.36. The topological polar surface area (TPSA) is 93.8 Å². The number of rotatable bonds is 9. The molecule has 2 heterocycles. The number of alkyl halides is 4. The van der Waals surface area contributed by atoms with Crippen molar-refractivity contribution in [3.05, 3.63) is 28.3 Å². The molecule has 0 saturated carbocycles.